The Bertz CT molecular complexity index is 555. The molecule has 0 saturated carbocycles. The van der Waals surface area contributed by atoms with Gasteiger partial charge in [-0.2, -0.15) is 0 Å². The Hall–Kier alpha value is -1.52. The van der Waals surface area contributed by atoms with Crippen LogP contribution in [0.2, 0.25) is 0 Å². The Morgan fingerprint density at radius 2 is 1.84 bits per heavy atom. The van der Waals surface area contributed by atoms with E-state index in [0.29, 0.717) is 0 Å². The summed E-state index contributed by atoms with van der Waals surface area (Å²) in [4.78, 5) is 2.00. The van der Waals surface area contributed by atoms with Crippen LogP contribution in [0.5, 0.6) is 5.75 Å². The van der Waals surface area contributed by atoms with Crippen LogP contribution in [-0.4, -0.2) is 7.11 Å². The molecular weight excluding hydrogens is 261 g/mol. The van der Waals surface area contributed by atoms with E-state index < -0.39 is 0 Å². The lowest BCUT2D eigenvalue weighted by molar-refractivity contribution is 0.405. The molecule has 0 bridgehead atoms. The summed E-state index contributed by atoms with van der Waals surface area (Å²) in [6.45, 7) is 1.92. The van der Waals surface area contributed by atoms with Gasteiger partial charge in [0.05, 0.1) is 7.11 Å². The third-order valence-electron chi connectivity index (χ3n) is 2.74. The average molecular weight is 277 g/mol. The largest absolute Gasteiger partial charge is 0.496 e. The fraction of sp³-hybridized carbons (Fsp3) is 0.200. The maximum absolute atomic E-state index is 12.9. The van der Waals surface area contributed by atoms with Gasteiger partial charge in [-0.15, -0.1) is 0 Å². The smallest absolute Gasteiger partial charge is 0.124 e. The van der Waals surface area contributed by atoms with Crippen LogP contribution in [0.25, 0.3) is 0 Å². The molecule has 0 aliphatic heterocycles. The van der Waals surface area contributed by atoms with E-state index in [-0.39, 0.29) is 11.9 Å². The average Bonchev–Trinajstić information content (AvgIpc) is 2.40. The summed E-state index contributed by atoms with van der Waals surface area (Å²) in [7, 11) is 1.63. The van der Waals surface area contributed by atoms with Gasteiger partial charge in [0.15, 0.2) is 0 Å². The number of hydrogen-bond donors (Lipinski definition) is 1. The van der Waals surface area contributed by atoms with Gasteiger partial charge < -0.3 is 10.5 Å². The lowest BCUT2D eigenvalue weighted by Crippen LogP contribution is -2.08. The van der Waals surface area contributed by atoms with Gasteiger partial charge in [-0.1, -0.05) is 17.8 Å². The number of methoxy groups -OCH3 is 1. The van der Waals surface area contributed by atoms with E-state index in [1.165, 1.54) is 12.1 Å². The zero-order valence-corrected chi connectivity index (χ0v) is 11.7. The van der Waals surface area contributed by atoms with E-state index in [2.05, 4.69) is 0 Å². The Kier molecular flexibility index (Phi) is 4.45. The summed E-state index contributed by atoms with van der Waals surface area (Å²) in [6, 6.07) is 12.1. The van der Waals surface area contributed by atoms with Crippen molar-refractivity contribution < 1.29 is 9.13 Å². The summed E-state index contributed by atoms with van der Waals surface area (Å²) in [5, 5.41) is 0. The second kappa shape index (κ2) is 6.08. The predicted octanol–water partition coefficient (Wildman–Crippen LogP) is 4.01. The van der Waals surface area contributed by atoms with Gasteiger partial charge in [-0.05, 0) is 43.3 Å². The summed E-state index contributed by atoms with van der Waals surface area (Å²) in [6.07, 6.45) is 0. The molecule has 2 nitrogen and oxygen atoms in total. The van der Waals surface area contributed by atoms with E-state index in [0.717, 1.165) is 21.1 Å². The van der Waals surface area contributed by atoms with Crippen molar-refractivity contribution in [3.05, 3.63) is 53.8 Å². The zero-order chi connectivity index (χ0) is 13.8. The maximum atomic E-state index is 12.9. The quantitative estimate of drug-likeness (QED) is 0.917. The lowest BCUT2D eigenvalue weighted by atomic mass is 10.1. The van der Waals surface area contributed by atoms with Crippen molar-refractivity contribution in [2.75, 3.05) is 7.11 Å². The fourth-order valence-electron chi connectivity index (χ4n) is 1.87. The molecule has 0 saturated heterocycles. The first kappa shape index (κ1) is 13.9. The van der Waals surface area contributed by atoms with Gasteiger partial charge in [0.1, 0.15) is 11.6 Å². The number of halogens is 1. The van der Waals surface area contributed by atoms with Crippen LogP contribution >= 0.6 is 11.8 Å². The molecule has 2 aromatic carbocycles. The molecule has 19 heavy (non-hydrogen) atoms. The van der Waals surface area contributed by atoms with Crippen LogP contribution in [-0.2, 0) is 0 Å². The minimum absolute atomic E-state index is 0.126. The third kappa shape index (κ3) is 3.28. The van der Waals surface area contributed by atoms with Crippen molar-refractivity contribution in [2.45, 2.75) is 22.8 Å². The van der Waals surface area contributed by atoms with Gasteiger partial charge in [0.25, 0.3) is 0 Å². The molecule has 100 valence electrons. The highest BCUT2D eigenvalue weighted by atomic mass is 32.2. The molecule has 4 heteroatoms. The number of ether oxygens (including phenoxy) is 1. The number of benzene rings is 2. The molecule has 1 atom stereocenters. The Balaban J connectivity index is 2.36. The molecule has 0 aromatic heterocycles. The molecule has 0 aliphatic rings. The monoisotopic (exact) mass is 277 g/mol. The molecule has 0 heterocycles. The lowest BCUT2D eigenvalue weighted by Gasteiger charge is -2.16. The highest BCUT2D eigenvalue weighted by molar-refractivity contribution is 7.99. The van der Waals surface area contributed by atoms with Crippen LogP contribution in [0, 0.1) is 5.82 Å². The van der Waals surface area contributed by atoms with E-state index in [9.17, 15) is 4.39 Å². The molecule has 2 aromatic rings. The zero-order valence-electron chi connectivity index (χ0n) is 10.9. The summed E-state index contributed by atoms with van der Waals surface area (Å²) < 4.78 is 18.3. The van der Waals surface area contributed by atoms with Crippen molar-refractivity contribution in [1.82, 2.24) is 0 Å². The van der Waals surface area contributed by atoms with E-state index in [1.54, 1.807) is 31.0 Å². The van der Waals surface area contributed by atoms with Gasteiger partial charge >= 0.3 is 0 Å². The Morgan fingerprint density at radius 1 is 1.16 bits per heavy atom. The minimum atomic E-state index is -0.234. The van der Waals surface area contributed by atoms with Crippen LogP contribution < -0.4 is 10.5 Å². The SMILES string of the molecule is COc1cccc(Sc2ccc(F)cc2)c1C(C)N. The molecular formula is C15H16FNOS. The molecule has 0 radical (unpaired) electrons. The molecule has 0 aliphatic carbocycles. The molecule has 0 fully saturated rings. The van der Waals surface area contributed by atoms with Crippen LogP contribution in [0.15, 0.2) is 52.3 Å². The van der Waals surface area contributed by atoms with Gasteiger partial charge in [0, 0.05) is 21.4 Å². The highest BCUT2D eigenvalue weighted by Gasteiger charge is 2.13. The standard InChI is InChI=1S/C15H16FNOS/c1-10(17)15-13(18-2)4-3-5-14(15)19-12-8-6-11(16)7-9-12/h3-10H,17H2,1-2H3. The summed E-state index contributed by atoms with van der Waals surface area (Å²) in [5.41, 5.74) is 6.99. The third-order valence-corrected chi connectivity index (χ3v) is 3.83. The first-order valence-electron chi connectivity index (χ1n) is 5.97. The number of rotatable bonds is 4. The fourth-order valence-corrected chi connectivity index (χ4v) is 2.94. The van der Waals surface area contributed by atoms with Crippen LogP contribution in [0.4, 0.5) is 4.39 Å². The Labute approximate surface area is 116 Å². The molecule has 0 amide bonds. The Morgan fingerprint density at radius 3 is 2.42 bits per heavy atom. The van der Waals surface area contributed by atoms with E-state index >= 15 is 0 Å². The van der Waals surface area contributed by atoms with Crippen LogP contribution in [0.1, 0.15) is 18.5 Å². The van der Waals surface area contributed by atoms with Crippen molar-refractivity contribution in [2.24, 2.45) is 5.73 Å². The first-order chi connectivity index (χ1) is 9.11. The predicted molar refractivity (Wildman–Crippen MR) is 76.1 cm³/mol. The summed E-state index contributed by atoms with van der Waals surface area (Å²) in [5.74, 6) is 0.546. The first-order valence-corrected chi connectivity index (χ1v) is 6.79. The number of nitrogens with two attached hydrogens (primary N) is 1. The minimum Gasteiger partial charge on any atom is -0.496 e. The topological polar surface area (TPSA) is 35.2 Å². The summed E-state index contributed by atoms with van der Waals surface area (Å²) >= 11 is 1.55. The van der Waals surface area contributed by atoms with E-state index in [1.807, 2.05) is 25.1 Å². The normalized spacial score (nSPS) is 12.2. The second-order valence-electron chi connectivity index (χ2n) is 4.22. The molecule has 0 spiro atoms. The molecule has 1 unspecified atom stereocenters. The van der Waals surface area contributed by atoms with E-state index in [4.69, 9.17) is 10.5 Å². The van der Waals surface area contributed by atoms with Gasteiger partial charge in [0.2, 0.25) is 0 Å². The maximum Gasteiger partial charge on any atom is 0.124 e. The van der Waals surface area contributed by atoms with Crippen molar-refractivity contribution in [3.63, 3.8) is 0 Å². The molecule has 2 N–H and O–H groups in total. The highest BCUT2D eigenvalue weighted by Crippen LogP contribution is 2.37. The van der Waals surface area contributed by atoms with Crippen molar-refractivity contribution in [3.8, 4) is 5.75 Å². The molecule has 2 rings (SSSR count). The van der Waals surface area contributed by atoms with Crippen molar-refractivity contribution >= 4 is 11.8 Å². The number of hydrogen-bond acceptors (Lipinski definition) is 3. The van der Waals surface area contributed by atoms with Crippen LogP contribution in [0.3, 0.4) is 0 Å². The van der Waals surface area contributed by atoms with Crippen molar-refractivity contribution in [1.29, 1.82) is 0 Å². The van der Waals surface area contributed by atoms with Gasteiger partial charge in [-0.3, -0.25) is 0 Å². The van der Waals surface area contributed by atoms with Gasteiger partial charge in [-0.25, -0.2) is 4.39 Å². The second-order valence-corrected chi connectivity index (χ2v) is 5.33.